The Bertz CT molecular complexity index is 529. The predicted molar refractivity (Wildman–Crippen MR) is 70.6 cm³/mol. The molecule has 0 spiro atoms. The molecule has 0 saturated carbocycles. The lowest BCUT2D eigenvalue weighted by atomic mass is 10.0. The van der Waals surface area contributed by atoms with Crippen LogP contribution in [0.1, 0.15) is 11.1 Å². The van der Waals surface area contributed by atoms with Gasteiger partial charge < -0.3 is 0 Å². The lowest BCUT2D eigenvalue weighted by molar-refractivity contribution is 0.225. The minimum absolute atomic E-state index is 0.501. The highest BCUT2D eigenvalue weighted by Crippen LogP contribution is 2.22. The molecule has 86 valence electrons. The van der Waals surface area contributed by atoms with Crippen molar-refractivity contribution >= 4 is 5.70 Å². The largest absolute Gasteiger partial charge is 0.291 e. The molecule has 2 N–H and O–H groups in total. The molecule has 0 aromatic heterocycles. The summed E-state index contributed by atoms with van der Waals surface area (Å²) < 4.78 is 0. The number of hydrogen-bond acceptors (Lipinski definition) is 2. The summed E-state index contributed by atoms with van der Waals surface area (Å²) in [4.78, 5) is 0. The van der Waals surface area contributed by atoms with E-state index in [4.69, 9.17) is 5.21 Å². The van der Waals surface area contributed by atoms with Crippen LogP contribution in [-0.2, 0) is 0 Å². The molecule has 0 amide bonds. The van der Waals surface area contributed by atoms with Crippen LogP contribution in [0.2, 0.25) is 0 Å². The predicted octanol–water partition coefficient (Wildman–Crippen LogP) is 3.61. The Morgan fingerprint density at radius 2 is 1.76 bits per heavy atom. The molecule has 0 aliphatic carbocycles. The maximum Gasteiger partial charge on any atom is 0.0602 e. The minimum atomic E-state index is 0.501. The van der Waals surface area contributed by atoms with Crippen molar-refractivity contribution in [1.29, 1.82) is 0 Å². The highest BCUT2D eigenvalue weighted by atomic mass is 16.5. The van der Waals surface area contributed by atoms with Crippen molar-refractivity contribution in [3.05, 3.63) is 66.2 Å². The van der Waals surface area contributed by atoms with E-state index < -0.39 is 0 Å². The van der Waals surface area contributed by atoms with Gasteiger partial charge in [-0.05, 0) is 23.6 Å². The van der Waals surface area contributed by atoms with Crippen LogP contribution >= 0.6 is 0 Å². The Morgan fingerprint density at radius 3 is 2.35 bits per heavy atom. The number of nitrogens with one attached hydrogen (secondary N) is 1. The molecular formula is C15H15NO. The molecule has 2 nitrogen and oxygen atoms in total. The van der Waals surface area contributed by atoms with Gasteiger partial charge in [0.05, 0.1) is 5.70 Å². The summed E-state index contributed by atoms with van der Waals surface area (Å²) in [6.45, 7) is 5.78. The van der Waals surface area contributed by atoms with Crippen LogP contribution in [0.4, 0.5) is 0 Å². The molecule has 0 heterocycles. The van der Waals surface area contributed by atoms with Gasteiger partial charge in [-0.1, -0.05) is 60.7 Å². The first kappa shape index (κ1) is 11.4. The first-order valence-corrected chi connectivity index (χ1v) is 5.47. The molecule has 0 unspecified atom stereocenters. The van der Waals surface area contributed by atoms with Crippen LogP contribution in [0.25, 0.3) is 16.8 Å². The maximum atomic E-state index is 8.76. The van der Waals surface area contributed by atoms with E-state index in [0.29, 0.717) is 5.70 Å². The van der Waals surface area contributed by atoms with Crippen molar-refractivity contribution in [2.24, 2.45) is 0 Å². The second kappa shape index (κ2) is 4.85. The zero-order valence-corrected chi connectivity index (χ0v) is 9.77. The third kappa shape index (κ3) is 2.55. The van der Waals surface area contributed by atoms with Gasteiger partial charge in [0.25, 0.3) is 0 Å². The van der Waals surface area contributed by atoms with Gasteiger partial charge in [-0.3, -0.25) is 10.7 Å². The van der Waals surface area contributed by atoms with Crippen molar-refractivity contribution in [1.82, 2.24) is 5.48 Å². The minimum Gasteiger partial charge on any atom is -0.291 e. The second-order valence-corrected chi connectivity index (χ2v) is 4.04. The smallest absolute Gasteiger partial charge is 0.0602 e. The summed E-state index contributed by atoms with van der Waals surface area (Å²) in [7, 11) is 0. The molecule has 2 aromatic carbocycles. The van der Waals surface area contributed by atoms with Crippen LogP contribution in [0.15, 0.2) is 55.1 Å². The maximum absolute atomic E-state index is 8.76. The standard InChI is InChI=1S/C15H15NO/c1-11-4-3-5-15(10-11)14-8-6-13(7-9-14)12(2)16-17/h3-10,16-17H,2H2,1H3. The molecule has 0 bridgehead atoms. The molecule has 0 fully saturated rings. The lowest BCUT2D eigenvalue weighted by Crippen LogP contribution is -2.03. The van der Waals surface area contributed by atoms with Gasteiger partial charge in [-0.15, -0.1) is 0 Å². The van der Waals surface area contributed by atoms with Crippen molar-refractivity contribution in [2.75, 3.05) is 0 Å². The quantitative estimate of drug-likeness (QED) is 0.782. The highest BCUT2D eigenvalue weighted by molar-refractivity contribution is 5.68. The lowest BCUT2D eigenvalue weighted by Gasteiger charge is -2.06. The molecule has 2 aromatic rings. The molecule has 0 aliphatic rings. The van der Waals surface area contributed by atoms with Crippen LogP contribution in [0.5, 0.6) is 0 Å². The first-order valence-electron chi connectivity index (χ1n) is 5.47. The van der Waals surface area contributed by atoms with Crippen LogP contribution in [-0.4, -0.2) is 5.21 Å². The van der Waals surface area contributed by atoms with E-state index in [1.54, 1.807) is 0 Å². The zero-order valence-electron chi connectivity index (χ0n) is 9.77. The van der Waals surface area contributed by atoms with E-state index in [1.165, 1.54) is 11.1 Å². The fourth-order valence-corrected chi connectivity index (χ4v) is 1.75. The van der Waals surface area contributed by atoms with Gasteiger partial charge in [-0.2, -0.15) is 0 Å². The molecule has 0 saturated heterocycles. The summed E-state index contributed by atoms with van der Waals surface area (Å²) in [5.41, 5.74) is 7.03. The monoisotopic (exact) mass is 225 g/mol. The second-order valence-electron chi connectivity index (χ2n) is 4.04. The molecule has 17 heavy (non-hydrogen) atoms. The topological polar surface area (TPSA) is 32.3 Å². The van der Waals surface area contributed by atoms with Gasteiger partial charge in [0.15, 0.2) is 0 Å². The molecule has 2 rings (SSSR count). The Hall–Kier alpha value is -2.06. The Morgan fingerprint density at radius 1 is 1.06 bits per heavy atom. The van der Waals surface area contributed by atoms with Gasteiger partial charge in [-0.25, -0.2) is 0 Å². The number of hydrogen-bond donors (Lipinski definition) is 2. The number of rotatable bonds is 3. The Balaban J connectivity index is 2.32. The normalized spacial score (nSPS) is 10.0. The third-order valence-electron chi connectivity index (χ3n) is 2.72. The zero-order chi connectivity index (χ0) is 12.3. The summed E-state index contributed by atoms with van der Waals surface area (Å²) in [6, 6.07) is 16.3. The van der Waals surface area contributed by atoms with Crippen molar-refractivity contribution < 1.29 is 5.21 Å². The fourth-order valence-electron chi connectivity index (χ4n) is 1.75. The van der Waals surface area contributed by atoms with Crippen molar-refractivity contribution in [3.8, 4) is 11.1 Å². The van der Waals surface area contributed by atoms with E-state index in [1.807, 2.05) is 30.3 Å². The average molecular weight is 225 g/mol. The van der Waals surface area contributed by atoms with Crippen LogP contribution in [0.3, 0.4) is 0 Å². The fraction of sp³-hybridized carbons (Fsp3) is 0.0667. The first-order chi connectivity index (χ1) is 8.20. The molecule has 2 heteroatoms. The van der Waals surface area contributed by atoms with E-state index in [0.717, 1.165) is 11.1 Å². The van der Waals surface area contributed by atoms with E-state index in [-0.39, 0.29) is 0 Å². The van der Waals surface area contributed by atoms with Crippen molar-refractivity contribution in [3.63, 3.8) is 0 Å². The number of benzene rings is 2. The summed E-state index contributed by atoms with van der Waals surface area (Å²) in [5.74, 6) is 0. The Kier molecular flexibility index (Phi) is 3.26. The summed E-state index contributed by atoms with van der Waals surface area (Å²) in [6.07, 6.45) is 0. The van der Waals surface area contributed by atoms with Gasteiger partial charge in [0, 0.05) is 0 Å². The average Bonchev–Trinajstić information content (AvgIpc) is 2.38. The van der Waals surface area contributed by atoms with Gasteiger partial charge in [0.2, 0.25) is 0 Å². The number of hydroxylamine groups is 1. The third-order valence-corrected chi connectivity index (χ3v) is 2.72. The van der Waals surface area contributed by atoms with Gasteiger partial charge >= 0.3 is 0 Å². The Labute approximate surface area is 101 Å². The van der Waals surface area contributed by atoms with Crippen LogP contribution in [0, 0.1) is 6.92 Å². The summed E-state index contributed by atoms with van der Waals surface area (Å²) in [5, 5.41) is 8.76. The van der Waals surface area contributed by atoms with Gasteiger partial charge in [0.1, 0.15) is 0 Å². The van der Waals surface area contributed by atoms with Crippen molar-refractivity contribution in [2.45, 2.75) is 6.92 Å². The van der Waals surface area contributed by atoms with Crippen LogP contribution < -0.4 is 5.48 Å². The number of aryl methyl sites for hydroxylation is 1. The molecule has 0 aliphatic heterocycles. The molecular weight excluding hydrogens is 210 g/mol. The molecule has 0 atom stereocenters. The summed E-state index contributed by atoms with van der Waals surface area (Å²) >= 11 is 0. The molecule has 0 radical (unpaired) electrons. The van der Waals surface area contributed by atoms with E-state index in [2.05, 4.69) is 37.2 Å². The van der Waals surface area contributed by atoms with E-state index in [9.17, 15) is 0 Å². The highest BCUT2D eigenvalue weighted by Gasteiger charge is 2.00. The van der Waals surface area contributed by atoms with E-state index >= 15 is 0 Å². The SMILES string of the molecule is C=C(NO)c1ccc(-c2cccc(C)c2)cc1.